The Morgan fingerprint density at radius 3 is 2.41 bits per heavy atom. The first-order valence-electron chi connectivity index (χ1n) is 8.22. The molecule has 1 aliphatic rings. The molecule has 8 heteroatoms. The van der Waals surface area contributed by atoms with Crippen LogP contribution in [0.5, 0.6) is 5.75 Å². The zero-order chi connectivity index (χ0) is 19.8. The van der Waals surface area contributed by atoms with Gasteiger partial charge in [0.2, 0.25) is 0 Å². The number of nitrogens with zero attached hydrogens (tertiary/aromatic N) is 2. The first-order chi connectivity index (χ1) is 12.6. The van der Waals surface area contributed by atoms with Gasteiger partial charge in [-0.15, -0.1) is 13.2 Å². The van der Waals surface area contributed by atoms with E-state index in [1.807, 2.05) is 25.1 Å². The van der Waals surface area contributed by atoms with Crippen molar-refractivity contribution in [2.45, 2.75) is 26.0 Å². The predicted molar refractivity (Wildman–Crippen MR) is 95.5 cm³/mol. The van der Waals surface area contributed by atoms with Gasteiger partial charge in [0.1, 0.15) is 5.75 Å². The van der Waals surface area contributed by atoms with E-state index in [0.717, 1.165) is 11.1 Å². The summed E-state index contributed by atoms with van der Waals surface area (Å²) in [5.41, 5.74) is 3.08. The highest BCUT2D eigenvalue weighted by Crippen LogP contribution is 2.32. The molecular weight excluding hydrogens is 381 g/mol. The molecule has 0 aromatic heterocycles. The zero-order valence-electron chi connectivity index (χ0n) is 14.8. The number of hydrogen-bond acceptors (Lipinski definition) is 3. The molecule has 0 bridgehead atoms. The maximum absolute atomic E-state index is 12.7. The number of alkyl halides is 3. The lowest BCUT2D eigenvalue weighted by Gasteiger charge is -2.16. The van der Waals surface area contributed by atoms with Crippen LogP contribution in [-0.4, -0.2) is 36.2 Å². The molecule has 4 nitrogen and oxygen atoms in total. The molecule has 0 unspecified atom stereocenters. The Hall–Kier alpha value is -2.25. The van der Waals surface area contributed by atoms with E-state index in [1.165, 1.54) is 24.3 Å². The van der Waals surface area contributed by atoms with Crippen molar-refractivity contribution in [3.8, 4) is 5.75 Å². The lowest BCUT2D eigenvalue weighted by atomic mass is 10.1. The summed E-state index contributed by atoms with van der Waals surface area (Å²) in [4.78, 5) is 16.3. The van der Waals surface area contributed by atoms with Crippen LogP contribution in [0.25, 0.3) is 0 Å². The molecule has 1 amide bonds. The van der Waals surface area contributed by atoms with Crippen LogP contribution < -0.4 is 4.74 Å². The normalized spacial score (nSPS) is 14.0. The van der Waals surface area contributed by atoms with Crippen LogP contribution in [0.1, 0.15) is 27.0 Å². The van der Waals surface area contributed by atoms with Gasteiger partial charge in [-0.2, -0.15) is 0 Å². The third-order valence-corrected chi connectivity index (χ3v) is 4.42. The quantitative estimate of drug-likeness (QED) is 0.745. The summed E-state index contributed by atoms with van der Waals surface area (Å²) in [6.07, 6.45) is -4.73. The summed E-state index contributed by atoms with van der Waals surface area (Å²) >= 11 is 6.31. The largest absolute Gasteiger partial charge is 0.573 e. The number of halogens is 4. The summed E-state index contributed by atoms with van der Waals surface area (Å²) in [6.45, 7) is 1.40. The van der Waals surface area contributed by atoms with Crippen molar-refractivity contribution in [1.29, 1.82) is 0 Å². The summed E-state index contributed by atoms with van der Waals surface area (Å²) in [7, 11) is 3.90. The molecule has 0 atom stereocenters. The Morgan fingerprint density at radius 2 is 1.81 bits per heavy atom. The zero-order valence-corrected chi connectivity index (χ0v) is 15.6. The summed E-state index contributed by atoms with van der Waals surface area (Å²) < 4.78 is 40.6. The van der Waals surface area contributed by atoms with Crippen LogP contribution in [0.4, 0.5) is 13.2 Å². The number of rotatable bonds is 5. The van der Waals surface area contributed by atoms with Crippen molar-refractivity contribution in [3.63, 3.8) is 0 Å². The second kappa shape index (κ2) is 7.40. The molecule has 0 fully saturated rings. The molecule has 3 rings (SSSR count). The maximum atomic E-state index is 12.7. The maximum Gasteiger partial charge on any atom is 0.573 e. The highest BCUT2D eigenvalue weighted by molar-refractivity contribution is 6.34. The van der Waals surface area contributed by atoms with E-state index in [1.54, 1.807) is 11.0 Å². The van der Waals surface area contributed by atoms with Gasteiger partial charge < -0.3 is 14.5 Å². The lowest BCUT2D eigenvalue weighted by molar-refractivity contribution is -0.274. The van der Waals surface area contributed by atoms with Gasteiger partial charge in [0.25, 0.3) is 5.91 Å². The first kappa shape index (κ1) is 19.5. The first-order valence-corrected chi connectivity index (χ1v) is 8.60. The second-order valence-electron chi connectivity index (χ2n) is 6.70. The minimum atomic E-state index is -4.73. The number of amides is 1. The molecule has 1 heterocycles. The molecule has 0 saturated carbocycles. The standard InChI is InChI=1S/C19H18ClF3N2O2/c1-24(2)9-13-7-14-11-25(18(26)17(14)16(20)8-13)10-12-3-5-15(6-4-12)27-19(21,22)23/h3-8H,9-11H2,1-2H3. The van der Waals surface area contributed by atoms with Crippen molar-refractivity contribution in [1.82, 2.24) is 9.80 Å². The Bertz CT molecular complexity index is 851. The van der Waals surface area contributed by atoms with E-state index < -0.39 is 6.36 Å². The van der Waals surface area contributed by atoms with Crippen molar-refractivity contribution >= 4 is 17.5 Å². The molecule has 27 heavy (non-hydrogen) atoms. The van der Waals surface area contributed by atoms with Crippen LogP contribution in [0, 0.1) is 0 Å². The van der Waals surface area contributed by atoms with Crippen molar-refractivity contribution < 1.29 is 22.7 Å². The minimum Gasteiger partial charge on any atom is -0.406 e. The van der Waals surface area contributed by atoms with Crippen molar-refractivity contribution in [2.75, 3.05) is 14.1 Å². The lowest BCUT2D eigenvalue weighted by Crippen LogP contribution is -2.23. The number of fused-ring (bicyclic) bond motifs is 1. The number of carbonyl (C=O) groups excluding carboxylic acids is 1. The van der Waals surface area contributed by atoms with E-state index in [9.17, 15) is 18.0 Å². The Kier molecular flexibility index (Phi) is 5.35. The topological polar surface area (TPSA) is 32.8 Å². The summed E-state index contributed by atoms with van der Waals surface area (Å²) in [5, 5.41) is 0.422. The van der Waals surface area contributed by atoms with Crippen LogP contribution in [0.15, 0.2) is 36.4 Å². The fraction of sp³-hybridized carbons (Fsp3) is 0.316. The molecule has 144 valence electrons. The molecule has 0 saturated heterocycles. The van der Waals surface area contributed by atoms with Crippen LogP contribution in [0.3, 0.4) is 0 Å². The number of benzene rings is 2. The van der Waals surface area contributed by atoms with Gasteiger partial charge in [0, 0.05) is 19.6 Å². The average Bonchev–Trinajstić information content (AvgIpc) is 2.83. The van der Waals surface area contributed by atoms with E-state index in [4.69, 9.17) is 11.6 Å². The number of hydrogen-bond donors (Lipinski definition) is 0. The Morgan fingerprint density at radius 1 is 1.15 bits per heavy atom. The molecule has 0 radical (unpaired) electrons. The molecule has 2 aromatic carbocycles. The number of ether oxygens (including phenoxy) is 1. The monoisotopic (exact) mass is 398 g/mol. The minimum absolute atomic E-state index is 0.179. The van der Waals surface area contributed by atoms with Crippen LogP contribution >= 0.6 is 11.6 Å². The van der Waals surface area contributed by atoms with Gasteiger partial charge in [0.15, 0.2) is 0 Å². The molecular formula is C19H18ClF3N2O2. The van der Waals surface area contributed by atoms with Crippen molar-refractivity contribution in [3.05, 3.63) is 63.7 Å². The van der Waals surface area contributed by atoms with Crippen molar-refractivity contribution in [2.24, 2.45) is 0 Å². The van der Waals surface area contributed by atoms with Gasteiger partial charge in [0.05, 0.1) is 10.6 Å². The average molecular weight is 399 g/mol. The van der Waals surface area contributed by atoms with Gasteiger partial charge in [-0.25, -0.2) is 0 Å². The highest BCUT2D eigenvalue weighted by atomic mass is 35.5. The SMILES string of the molecule is CN(C)Cc1cc(Cl)c2c(c1)CN(Cc1ccc(OC(F)(F)F)cc1)C2=O. The fourth-order valence-corrected chi connectivity index (χ4v) is 3.47. The Balaban J connectivity index is 1.73. The third-order valence-electron chi connectivity index (χ3n) is 4.12. The summed E-state index contributed by atoms with van der Waals surface area (Å²) in [6, 6.07) is 9.26. The molecule has 1 aliphatic heterocycles. The fourth-order valence-electron chi connectivity index (χ4n) is 3.13. The van der Waals surface area contributed by atoms with Gasteiger partial charge in [-0.3, -0.25) is 4.79 Å². The second-order valence-corrected chi connectivity index (χ2v) is 7.11. The predicted octanol–water partition coefficient (Wildman–Crippen LogP) is 4.46. The van der Waals surface area contributed by atoms with E-state index in [0.29, 0.717) is 29.2 Å². The van der Waals surface area contributed by atoms with Gasteiger partial charge >= 0.3 is 6.36 Å². The highest BCUT2D eigenvalue weighted by Gasteiger charge is 2.32. The van der Waals surface area contributed by atoms with Gasteiger partial charge in [-0.05, 0) is 49.0 Å². The summed E-state index contributed by atoms with van der Waals surface area (Å²) in [5.74, 6) is -0.472. The van der Waals surface area contributed by atoms with E-state index >= 15 is 0 Å². The third kappa shape index (κ3) is 4.73. The van der Waals surface area contributed by atoms with Crippen LogP contribution in [0.2, 0.25) is 5.02 Å². The molecule has 0 spiro atoms. The molecule has 0 N–H and O–H groups in total. The van der Waals surface area contributed by atoms with E-state index in [2.05, 4.69) is 4.74 Å². The number of carbonyl (C=O) groups is 1. The van der Waals surface area contributed by atoms with Crippen LogP contribution in [-0.2, 0) is 19.6 Å². The Labute approximate surface area is 160 Å². The van der Waals surface area contributed by atoms with Gasteiger partial charge in [-0.1, -0.05) is 29.8 Å². The smallest absolute Gasteiger partial charge is 0.406 e. The van der Waals surface area contributed by atoms with E-state index in [-0.39, 0.29) is 18.2 Å². The molecule has 2 aromatic rings. The molecule has 0 aliphatic carbocycles.